The number of anilines is 6. The zero-order valence-electron chi connectivity index (χ0n) is 33.8. The van der Waals surface area contributed by atoms with Crippen LogP contribution in [0.5, 0.6) is 0 Å². The van der Waals surface area contributed by atoms with Gasteiger partial charge in [-0.15, -0.1) is 0 Å². The van der Waals surface area contributed by atoms with Gasteiger partial charge in [0.05, 0.1) is 16.8 Å². The third-order valence-corrected chi connectivity index (χ3v) is 13.9. The molecule has 60 heavy (non-hydrogen) atoms. The van der Waals surface area contributed by atoms with Gasteiger partial charge < -0.3 is 9.80 Å². The maximum atomic E-state index is 2.54. The Bertz CT molecular complexity index is 2990. The number of hydrogen-bond acceptors (Lipinski definition) is 2. The molecular formula is C58H44N2. The van der Waals surface area contributed by atoms with E-state index in [0.717, 1.165) is 17.1 Å². The molecular weight excluding hydrogens is 725 g/mol. The molecule has 3 atom stereocenters. The zero-order chi connectivity index (χ0) is 40.0. The Balaban J connectivity index is 1.16. The maximum absolute atomic E-state index is 2.54. The first-order valence-electron chi connectivity index (χ1n) is 21.3. The second kappa shape index (κ2) is 13.2. The molecule has 2 nitrogen and oxygen atoms in total. The van der Waals surface area contributed by atoms with Crippen molar-refractivity contribution in [3.8, 4) is 22.3 Å². The van der Waals surface area contributed by atoms with Crippen LogP contribution in [0.3, 0.4) is 0 Å². The molecule has 8 aromatic carbocycles. The highest BCUT2D eigenvalue weighted by Crippen LogP contribution is 2.67. The summed E-state index contributed by atoms with van der Waals surface area (Å²) >= 11 is 0. The summed E-state index contributed by atoms with van der Waals surface area (Å²) in [5.74, 6) is 0.827. The SMILES string of the molecule is CC1(C)c2cc(N(c3ccccc3)c3cccc4c3C3(c5ccccc5-4)c4ccccc4-c4c(N(c5ccccc5)c5ccccc5)cccc43)ccc2C2C=CC=CC21. The van der Waals surface area contributed by atoms with Crippen molar-refractivity contribution < 1.29 is 0 Å². The van der Waals surface area contributed by atoms with E-state index in [1.165, 1.54) is 72.7 Å². The third kappa shape index (κ3) is 4.76. The van der Waals surface area contributed by atoms with Crippen molar-refractivity contribution in [3.05, 3.63) is 252 Å². The second-order valence-electron chi connectivity index (χ2n) is 17.2. The average Bonchev–Trinajstić information content (AvgIpc) is 3.87. The molecule has 0 heterocycles. The average molecular weight is 769 g/mol. The van der Waals surface area contributed by atoms with Crippen molar-refractivity contribution in [2.45, 2.75) is 30.6 Å². The van der Waals surface area contributed by atoms with Gasteiger partial charge in [-0.2, -0.15) is 0 Å². The Morgan fingerprint density at radius 1 is 0.400 bits per heavy atom. The molecule has 0 aromatic heterocycles. The molecule has 0 fully saturated rings. The smallest absolute Gasteiger partial charge is 0.0746 e. The number of hydrogen-bond donors (Lipinski definition) is 0. The molecule has 0 radical (unpaired) electrons. The van der Waals surface area contributed by atoms with Gasteiger partial charge >= 0.3 is 0 Å². The van der Waals surface area contributed by atoms with Crippen molar-refractivity contribution >= 4 is 34.1 Å². The van der Waals surface area contributed by atoms with Crippen molar-refractivity contribution in [2.24, 2.45) is 5.92 Å². The molecule has 0 amide bonds. The van der Waals surface area contributed by atoms with Crippen LogP contribution in [0, 0.1) is 5.92 Å². The molecule has 0 bridgehead atoms. The third-order valence-electron chi connectivity index (χ3n) is 13.9. The predicted octanol–water partition coefficient (Wildman–Crippen LogP) is 15.1. The number of fused-ring (bicyclic) bond motifs is 13. The van der Waals surface area contributed by atoms with Gasteiger partial charge in [0.2, 0.25) is 0 Å². The lowest BCUT2D eigenvalue weighted by Gasteiger charge is -2.36. The van der Waals surface area contributed by atoms with Gasteiger partial charge in [0.25, 0.3) is 0 Å². The first-order valence-corrected chi connectivity index (χ1v) is 21.3. The molecule has 1 spiro atoms. The summed E-state index contributed by atoms with van der Waals surface area (Å²) in [4.78, 5) is 4.98. The van der Waals surface area contributed by atoms with Crippen LogP contribution in [-0.4, -0.2) is 0 Å². The first-order chi connectivity index (χ1) is 29.6. The maximum Gasteiger partial charge on any atom is 0.0746 e. The van der Waals surface area contributed by atoms with Crippen LogP contribution in [0.2, 0.25) is 0 Å². The van der Waals surface area contributed by atoms with E-state index in [-0.39, 0.29) is 5.41 Å². The lowest BCUT2D eigenvalue weighted by Crippen LogP contribution is -2.28. The Hall–Kier alpha value is -7.16. The fraction of sp³-hybridized carbons (Fsp3) is 0.103. The summed E-state index contributed by atoms with van der Waals surface area (Å²) in [6, 6.07) is 72.3. The minimum absolute atomic E-state index is 0.0150. The number of allylic oxidation sites excluding steroid dienone is 4. The lowest BCUT2D eigenvalue weighted by atomic mass is 9.70. The minimum atomic E-state index is -0.586. The van der Waals surface area contributed by atoms with Gasteiger partial charge in [0, 0.05) is 39.8 Å². The van der Waals surface area contributed by atoms with E-state index >= 15 is 0 Å². The molecule has 0 N–H and O–H groups in total. The summed E-state index contributed by atoms with van der Waals surface area (Å²) in [5.41, 5.74) is 19.6. The summed E-state index contributed by atoms with van der Waals surface area (Å²) in [5, 5.41) is 0. The highest BCUT2D eigenvalue weighted by Gasteiger charge is 2.54. The molecule has 286 valence electrons. The van der Waals surface area contributed by atoms with Crippen LogP contribution < -0.4 is 9.80 Å². The van der Waals surface area contributed by atoms with Gasteiger partial charge in [-0.1, -0.05) is 172 Å². The first kappa shape index (κ1) is 34.8. The van der Waals surface area contributed by atoms with Gasteiger partial charge in [-0.25, -0.2) is 0 Å². The summed E-state index contributed by atoms with van der Waals surface area (Å²) < 4.78 is 0. The summed E-state index contributed by atoms with van der Waals surface area (Å²) in [6.07, 6.45) is 9.28. The molecule has 0 saturated carbocycles. The van der Waals surface area contributed by atoms with Crippen LogP contribution in [0.4, 0.5) is 34.1 Å². The Labute approximate surface area is 353 Å². The topological polar surface area (TPSA) is 6.48 Å². The lowest BCUT2D eigenvalue weighted by molar-refractivity contribution is 0.394. The van der Waals surface area contributed by atoms with E-state index in [2.05, 4.69) is 242 Å². The molecule has 4 aliphatic carbocycles. The van der Waals surface area contributed by atoms with Crippen LogP contribution in [0.1, 0.15) is 53.1 Å². The van der Waals surface area contributed by atoms with E-state index in [4.69, 9.17) is 0 Å². The van der Waals surface area contributed by atoms with Crippen LogP contribution in [0.15, 0.2) is 218 Å². The number of benzene rings is 8. The number of nitrogens with zero attached hydrogens (tertiary/aromatic N) is 2. The van der Waals surface area contributed by atoms with Crippen molar-refractivity contribution in [1.82, 2.24) is 0 Å². The van der Waals surface area contributed by atoms with Crippen LogP contribution >= 0.6 is 0 Å². The van der Waals surface area contributed by atoms with Gasteiger partial charge in [-0.3, -0.25) is 0 Å². The van der Waals surface area contributed by atoms with Gasteiger partial charge in [0.1, 0.15) is 0 Å². The van der Waals surface area contributed by atoms with Crippen LogP contribution in [-0.2, 0) is 10.8 Å². The Morgan fingerprint density at radius 3 is 1.60 bits per heavy atom. The van der Waals surface area contributed by atoms with Crippen LogP contribution in [0.25, 0.3) is 22.3 Å². The Kier molecular flexibility index (Phi) is 7.65. The molecule has 8 aromatic rings. The molecule has 0 aliphatic heterocycles. The van der Waals surface area contributed by atoms with E-state index in [9.17, 15) is 0 Å². The van der Waals surface area contributed by atoms with E-state index in [0.29, 0.717) is 11.8 Å². The highest BCUT2D eigenvalue weighted by atomic mass is 15.2. The van der Waals surface area contributed by atoms with Gasteiger partial charge in [-0.05, 0) is 117 Å². The summed E-state index contributed by atoms with van der Waals surface area (Å²) in [6.45, 7) is 4.86. The second-order valence-corrected chi connectivity index (χ2v) is 17.2. The molecule has 4 aliphatic rings. The van der Waals surface area contributed by atoms with E-state index in [1.54, 1.807) is 0 Å². The quantitative estimate of drug-likeness (QED) is 0.166. The minimum Gasteiger partial charge on any atom is -0.310 e. The molecule has 2 heteroatoms. The van der Waals surface area contributed by atoms with E-state index in [1.807, 2.05) is 0 Å². The van der Waals surface area contributed by atoms with Crippen molar-refractivity contribution in [3.63, 3.8) is 0 Å². The zero-order valence-corrected chi connectivity index (χ0v) is 33.8. The predicted molar refractivity (Wildman–Crippen MR) is 250 cm³/mol. The summed E-state index contributed by atoms with van der Waals surface area (Å²) in [7, 11) is 0. The molecule has 3 unspecified atom stereocenters. The molecule has 12 rings (SSSR count). The number of rotatable bonds is 6. The van der Waals surface area contributed by atoms with Gasteiger partial charge in [0.15, 0.2) is 0 Å². The van der Waals surface area contributed by atoms with Crippen molar-refractivity contribution in [2.75, 3.05) is 9.80 Å². The monoisotopic (exact) mass is 768 g/mol. The normalized spacial score (nSPS) is 19.2. The number of para-hydroxylation sites is 3. The van der Waals surface area contributed by atoms with E-state index < -0.39 is 5.41 Å². The largest absolute Gasteiger partial charge is 0.310 e. The molecule has 0 saturated heterocycles. The Morgan fingerprint density at radius 2 is 0.917 bits per heavy atom. The highest BCUT2D eigenvalue weighted by molar-refractivity contribution is 6.03. The van der Waals surface area contributed by atoms with Crippen molar-refractivity contribution in [1.29, 1.82) is 0 Å². The standard InChI is InChI=1S/C58H44N2/c1-57(2)48-30-15-12-26-43(48)45-37-36-42(38-52(45)57)60(41-24-10-5-11-25-41)54-35-18-29-46-44-27-13-16-31-49(44)58(56(46)54)50-32-17-14-28-47(50)55-51(58)33-19-34-53(55)59(39-20-6-3-7-21-39)40-22-8-4-9-23-40/h3-38,43,48H,1-2H3. The fourth-order valence-electron chi connectivity index (χ4n) is 11.5. The fourth-order valence-corrected chi connectivity index (χ4v) is 11.5.